The molecule has 5 nitrogen and oxygen atoms in total. The van der Waals surface area contributed by atoms with Crippen LogP contribution >= 0.6 is 0 Å². The maximum Gasteiger partial charge on any atom is 0.200 e. The Kier molecular flexibility index (Phi) is 4.00. The van der Waals surface area contributed by atoms with Gasteiger partial charge in [-0.15, -0.1) is 0 Å². The maximum atomic E-state index is 13.0. The number of aromatic hydroxyl groups is 2. The number of rotatable bonds is 4. The van der Waals surface area contributed by atoms with E-state index in [1.807, 2.05) is 12.1 Å². The number of carbonyl (C=O) groups is 1. The first-order valence-corrected chi connectivity index (χ1v) is 7.27. The molecule has 0 fully saturated rings. The SMILES string of the molecule is COc1cc(C(=O)c2c(O)ccc3ccccc23)cc(OC)c1O. The van der Waals surface area contributed by atoms with Crippen LogP contribution in [0.5, 0.6) is 23.0 Å². The molecule has 0 atom stereocenters. The van der Waals surface area contributed by atoms with Crippen LogP contribution in [0.1, 0.15) is 15.9 Å². The zero-order valence-corrected chi connectivity index (χ0v) is 13.2. The second kappa shape index (κ2) is 6.12. The van der Waals surface area contributed by atoms with Crippen LogP contribution in [0.2, 0.25) is 0 Å². The lowest BCUT2D eigenvalue weighted by atomic mass is 9.96. The fourth-order valence-electron chi connectivity index (χ4n) is 2.67. The molecule has 0 radical (unpaired) electrons. The van der Waals surface area contributed by atoms with E-state index < -0.39 is 0 Å². The summed E-state index contributed by atoms with van der Waals surface area (Å²) in [5.74, 6) is -0.431. The number of methoxy groups -OCH3 is 2. The smallest absolute Gasteiger partial charge is 0.200 e. The van der Waals surface area contributed by atoms with Gasteiger partial charge in [-0.05, 0) is 29.0 Å². The van der Waals surface area contributed by atoms with Gasteiger partial charge in [0.25, 0.3) is 0 Å². The van der Waals surface area contributed by atoms with Crippen molar-refractivity contribution in [3.05, 3.63) is 59.7 Å². The lowest BCUT2D eigenvalue weighted by Crippen LogP contribution is -2.04. The second-order valence-corrected chi connectivity index (χ2v) is 5.24. The molecule has 0 spiro atoms. The van der Waals surface area contributed by atoms with Crippen LogP contribution in [0, 0.1) is 0 Å². The highest BCUT2D eigenvalue weighted by Crippen LogP contribution is 2.39. The van der Waals surface area contributed by atoms with Gasteiger partial charge in [0.15, 0.2) is 17.3 Å². The Bertz CT molecular complexity index is 905. The van der Waals surface area contributed by atoms with Crippen LogP contribution in [0.25, 0.3) is 10.8 Å². The van der Waals surface area contributed by atoms with Gasteiger partial charge in [-0.3, -0.25) is 4.79 Å². The monoisotopic (exact) mass is 324 g/mol. The third-order valence-electron chi connectivity index (χ3n) is 3.88. The van der Waals surface area contributed by atoms with Crippen molar-refractivity contribution in [2.45, 2.75) is 0 Å². The minimum absolute atomic E-state index is 0.107. The largest absolute Gasteiger partial charge is 0.507 e. The standard InChI is InChI=1S/C19H16O5/c1-23-15-9-12(10-16(24-2)19(15)22)18(21)17-13-6-4-3-5-11(13)7-8-14(17)20/h3-10,20,22H,1-2H3. The summed E-state index contributed by atoms with van der Waals surface area (Å²) in [6, 6.07) is 13.4. The van der Waals surface area contributed by atoms with Crippen LogP contribution in [-0.2, 0) is 0 Å². The predicted molar refractivity (Wildman–Crippen MR) is 90.3 cm³/mol. The average Bonchev–Trinajstić information content (AvgIpc) is 2.61. The molecule has 24 heavy (non-hydrogen) atoms. The first-order chi connectivity index (χ1) is 11.6. The summed E-state index contributed by atoms with van der Waals surface area (Å²) in [6.07, 6.45) is 0. The Hall–Kier alpha value is -3.21. The molecule has 0 aliphatic heterocycles. The van der Waals surface area contributed by atoms with Crippen LogP contribution < -0.4 is 9.47 Å². The van der Waals surface area contributed by atoms with E-state index in [4.69, 9.17) is 9.47 Å². The number of carbonyl (C=O) groups excluding carboxylic acids is 1. The molecule has 0 heterocycles. The number of hydrogen-bond acceptors (Lipinski definition) is 5. The molecule has 0 aliphatic rings. The Morgan fingerprint density at radius 1 is 0.917 bits per heavy atom. The highest BCUT2D eigenvalue weighted by molar-refractivity contribution is 6.18. The van der Waals surface area contributed by atoms with E-state index in [0.717, 1.165) is 5.39 Å². The Balaban J connectivity index is 2.22. The molecular formula is C19H16O5. The summed E-state index contributed by atoms with van der Waals surface area (Å²) in [6.45, 7) is 0. The zero-order valence-electron chi connectivity index (χ0n) is 13.2. The van der Waals surface area contributed by atoms with Crippen LogP contribution in [0.3, 0.4) is 0 Å². The number of phenolic OH excluding ortho intramolecular Hbond substituents is 2. The van der Waals surface area contributed by atoms with E-state index in [1.165, 1.54) is 32.4 Å². The molecule has 0 saturated heterocycles. The molecule has 2 N–H and O–H groups in total. The lowest BCUT2D eigenvalue weighted by molar-refractivity contribution is 0.103. The van der Waals surface area contributed by atoms with E-state index in [0.29, 0.717) is 5.39 Å². The van der Waals surface area contributed by atoms with Crippen LogP contribution in [0.15, 0.2) is 48.5 Å². The van der Waals surface area contributed by atoms with Crippen molar-refractivity contribution >= 4 is 16.6 Å². The Labute approximate surface area is 138 Å². The summed E-state index contributed by atoms with van der Waals surface area (Å²) in [4.78, 5) is 13.0. The van der Waals surface area contributed by atoms with Crippen molar-refractivity contribution in [2.75, 3.05) is 14.2 Å². The molecular weight excluding hydrogens is 308 g/mol. The molecule has 3 rings (SSSR count). The Morgan fingerprint density at radius 2 is 1.54 bits per heavy atom. The molecule has 3 aromatic carbocycles. The van der Waals surface area contributed by atoms with Crippen molar-refractivity contribution in [1.29, 1.82) is 0 Å². The number of ketones is 1. The van der Waals surface area contributed by atoms with Crippen molar-refractivity contribution in [3.8, 4) is 23.0 Å². The van der Waals surface area contributed by atoms with Gasteiger partial charge >= 0.3 is 0 Å². The van der Waals surface area contributed by atoms with Crippen LogP contribution in [0.4, 0.5) is 0 Å². The van der Waals surface area contributed by atoms with Crippen molar-refractivity contribution < 1.29 is 24.5 Å². The van der Waals surface area contributed by atoms with Gasteiger partial charge in [0.05, 0.1) is 19.8 Å². The fraction of sp³-hybridized carbons (Fsp3) is 0.105. The molecule has 0 aliphatic carbocycles. The van der Waals surface area contributed by atoms with Gasteiger partial charge in [0.1, 0.15) is 5.75 Å². The van der Waals surface area contributed by atoms with Gasteiger partial charge in [0, 0.05) is 5.56 Å². The lowest BCUT2D eigenvalue weighted by Gasteiger charge is -2.12. The van der Waals surface area contributed by atoms with Crippen LogP contribution in [-0.4, -0.2) is 30.2 Å². The molecule has 122 valence electrons. The van der Waals surface area contributed by atoms with Gasteiger partial charge in [0.2, 0.25) is 5.75 Å². The number of benzene rings is 3. The number of phenols is 2. The highest BCUT2D eigenvalue weighted by atomic mass is 16.5. The predicted octanol–water partition coefficient (Wildman–Crippen LogP) is 3.50. The Morgan fingerprint density at radius 3 is 2.17 bits per heavy atom. The number of fused-ring (bicyclic) bond motifs is 1. The molecule has 3 aromatic rings. The first-order valence-electron chi connectivity index (χ1n) is 7.27. The van der Waals surface area contributed by atoms with E-state index in [9.17, 15) is 15.0 Å². The molecule has 5 heteroatoms. The average molecular weight is 324 g/mol. The molecule has 0 aromatic heterocycles. The van der Waals surface area contributed by atoms with Gasteiger partial charge in [-0.1, -0.05) is 30.3 Å². The van der Waals surface area contributed by atoms with Gasteiger partial charge in [-0.2, -0.15) is 0 Å². The highest BCUT2D eigenvalue weighted by Gasteiger charge is 2.21. The molecule has 0 saturated carbocycles. The quantitative estimate of drug-likeness (QED) is 0.718. The second-order valence-electron chi connectivity index (χ2n) is 5.24. The maximum absolute atomic E-state index is 13.0. The third kappa shape index (κ3) is 2.50. The van der Waals surface area contributed by atoms with Crippen molar-refractivity contribution in [1.82, 2.24) is 0 Å². The summed E-state index contributed by atoms with van der Waals surface area (Å²) in [5.41, 5.74) is 0.441. The normalized spacial score (nSPS) is 10.6. The summed E-state index contributed by atoms with van der Waals surface area (Å²) >= 11 is 0. The van der Waals surface area contributed by atoms with E-state index in [-0.39, 0.29) is 39.9 Å². The van der Waals surface area contributed by atoms with Gasteiger partial charge in [-0.25, -0.2) is 0 Å². The van der Waals surface area contributed by atoms with Crippen molar-refractivity contribution in [3.63, 3.8) is 0 Å². The number of hydrogen-bond donors (Lipinski definition) is 2. The van der Waals surface area contributed by atoms with Gasteiger partial charge < -0.3 is 19.7 Å². The van der Waals surface area contributed by atoms with E-state index in [2.05, 4.69) is 0 Å². The molecule has 0 unspecified atom stereocenters. The van der Waals surface area contributed by atoms with Crippen molar-refractivity contribution in [2.24, 2.45) is 0 Å². The summed E-state index contributed by atoms with van der Waals surface area (Å²) in [7, 11) is 2.77. The van der Waals surface area contributed by atoms with E-state index >= 15 is 0 Å². The third-order valence-corrected chi connectivity index (χ3v) is 3.88. The first kappa shape index (κ1) is 15.7. The molecule has 0 amide bonds. The topological polar surface area (TPSA) is 76.0 Å². The fourth-order valence-corrected chi connectivity index (χ4v) is 2.67. The summed E-state index contributed by atoms with van der Waals surface area (Å²) in [5, 5.41) is 21.7. The zero-order chi connectivity index (χ0) is 17.3. The minimum atomic E-state index is -0.388. The van der Waals surface area contributed by atoms with E-state index in [1.54, 1.807) is 18.2 Å². The number of ether oxygens (including phenoxy) is 2. The minimum Gasteiger partial charge on any atom is -0.507 e. The summed E-state index contributed by atoms with van der Waals surface area (Å²) < 4.78 is 10.2. The molecule has 0 bridgehead atoms.